The number of nitrogens with two attached hydrogens (primary N) is 1. The molecule has 0 aliphatic rings. The number of hydrogen-bond acceptors (Lipinski definition) is 4. The summed E-state index contributed by atoms with van der Waals surface area (Å²) in [7, 11) is 1.54. The number of hydrogen-bond donors (Lipinski definition) is 3. The molecule has 19 heavy (non-hydrogen) atoms. The molecule has 1 unspecified atom stereocenters. The first-order valence-corrected chi connectivity index (χ1v) is 6.42. The second-order valence-corrected chi connectivity index (χ2v) is 4.37. The molecule has 0 saturated carbocycles. The third kappa shape index (κ3) is 5.83. The Bertz CT molecular complexity index is 392. The number of nitrogens with one attached hydrogen (secondary N) is 1. The summed E-state index contributed by atoms with van der Waals surface area (Å²) in [6, 6.07) is 7.62. The van der Waals surface area contributed by atoms with Crippen LogP contribution in [-0.2, 0) is 16.0 Å². The Labute approximate surface area is 113 Å². The van der Waals surface area contributed by atoms with Gasteiger partial charge in [0.2, 0.25) is 5.91 Å². The van der Waals surface area contributed by atoms with E-state index in [0.29, 0.717) is 6.54 Å². The molecule has 0 radical (unpaired) electrons. The Kier molecular flexibility index (Phi) is 7.10. The Morgan fingerprint density at radius 2 is 2.32 bits per heavy atom. The topological polar surface area (TPSA) is 84.6 Å². The van der Waals surface area contributed by atoms with Crippen molar-refractivity contribution in [1.82, 2.24) is 0 Å². The number of aryl methyl sites for hydroxylation is 1. The second kappa shape index (κ2) is 8.63. The number of carbonyl (C=O) groups is 1. The van der Waals surface area contributed by atoms with Gasteiger partial charge < -0.3 is 20.9 Å². The number of carbonyl (C=O) groups excluding carboxylic acids is 1. The average molecular weight is 266 g/mol. The molecule has 0 saturated heterocycles. The van der Waals surface area contributed by atoms with E-state index < -0.39 is 0 Å². The van der Waals surface area contributed by atoms with Gasteiger partial charge >= 0.3 is 0 Å². The maximum atomic E-state index is 11.8. The van der Waals surface area contributed by atoms with Crippen LogP contribution < -0.4 is 11.1 Å². The molecule has 0 aliphatic carbocycles. The lowest BCUT2D eigenvalue weighted by atomic mass is 10.1. The first-order chi connectivity index (χ1) is 9.19. The van der Waals surface area contributed by atoms with E-state index in [2.05, 4.69) is 5.32 Å². The molecule has 5 nitrogen and oxygen atoms in total. The van der Waals surface area contributed by atoms with Crippen LogP contribution in [0.1, 0.15) is 18.4 Å². The monoisotopic (exact) mass is 266 g/mol. The normalized spacial score (nSPS) is 12.2. The minimum Gasteiger partial charge on any atom is -0.396 e. The molecule has 0 aromatic heterocycles. The van der Waals surface area contributed by atoms with Crippen molar-refractivity contribution in [2.75, 3.05) is 25.6 Å². The third-order valence-corrected chi connectivity index (χ3v) is 2.84. The molecule has 1 amide bonds. The van der Waals surface area contributed by atoms with Gasteiger partial charge in [-0.2, -0.15) is 0 Å². The van der Waals surface area contributed by atoms with Gasteiger partial charge in [-0.3, -0.25) is 4.79 Å². The zero-order valence-electron chi connectivity index (χ0n) is 11.3. The summed E-state index contributed by atoms with van der Waals surface area (Å²) >= 11 is 0. The fraction of sp³-hybridized carbons (Fsp3) is 0.500. The van der Waals surface area contributed by atoms with Gasteiger partial charge in [-0.15, -0.1) is 0 Å². The van der Waals surface area contributed by atoms with Crippen LogP contribution in [0.5, 0.6) is 0 Å². The predicted molar refractivity (Wildman–Crippen MR) is 74.9 cm³/mol. The van der Waals surface area contributed by atoms with E-state index in [-0.39, 0.29) is 25.0 Å². The molecule has 1 atom stereocenters. The van der Waals surface area contributed by atoms with E-state index in [0.717, 1.165) is 24.1 Å². The van der Waals surface area contributed by atoms with Crippen molar-refractivity contribution in [2.24, 2.45) is 5.73 Å². The molecule has 5 heteroatoms. The number of aliphatic hydroxyl groups is 1. The van der Waals surface area contributed by atoms with Crippen LogP contribution in [0.3, 0.4) is 0 Å². The highest BCUT2D eigenvalue weighted by Crippen LogP contribution is 2.13. The van der Waals surface area contributed by atoms with E-state index in [1.807, 2.05) is 24.3 Å². The molecular weight excluding hydrogens is 244 g/mol. The van der Waals surface area contributed by atoms with Gasteiger partial charge in [0.15, 0.2) is 0 Å². The lowest BCUT2D eigenvalue weighted by molar-refractivity contribution is -0.118. The van der Waals surface area contributed by atoms with Crippen molar-refractivity contribution >= 4 is 11.6 Å². The first-order valence-electron chi connectivity index (χ1n) is 6.42. The van der Waals surface area contributed by atoms with E-state index in [1.165, 1.54) is 0 Å². The van der Waals surface area contributed by atoms with Crippen LogP contribution in [0, 0.1) is 0 Å². The highest BCUT2D eigenvalue weighted by atomic mass is 16.5. The van der Waals surface area contributed by atoms with Crippen molar-refractivity contribution < 1.29 is 14.6 Å². The summed E-state index contributed by atoms with van der Waals surface area (Å²) in [5.41, 5.74) is 7.32. The Hall–Kier alpha value is -1.43. The zero-order chi connectivity index (χ0) is 14.1. The molecule has 106 valence electrons. The number of anilines is 1. The number of amides is 1. The van der Waals surface area contributed by atoms with Crippen molar-refractivity contribution in [1.29, 1.82) is 0 Å². The second-order valence-electron chi connectivity index (χ2n) is 4.37. The van der Waals surface area contributed by atoms with Crippen molar-refractivity contribution in [3.05, 3.63) is 29.8 Å². The molecular formula is C14H22N2O3. The number of aliphatic hydroxyl groups excluding tert-OH is 1. The van der Waals surface area contributed by atoms with Gasteiger partial charge in [0.1, 0.15) is 0 Å². The Morgan fingerprint density at radius 1 is 1.53 bits per heavy atom. The van der Waals surface area contributed by atoms with Crippen molar-refractivity contribution in [3.63, 3.8) is 0 Å². The largest absolute Gasteiger partial charge is 0.396 e. The summed E-state index contributed by atoms with van der Waals surface area (Å²) in [5.74, 6) is -0.114. The number of methoxy groups -OCH3 is 1. The van der Waals surface area contributed by atoms with E-state index in [9.17, 15) is 4.79 Å². The summed E-state index contributed by atoms with van der Waals surface area (Å²) < 4.78 is 5.07. The highest BCUT2D eigenvalue weighted by Gasteiger charge is 2.11. The van der Waals surface area contributed by atoms with E-state index in [1.54, 1.807) is 7.11 Å². The van der Waals surface area contributed by atoms with Crippen LogP contribution in [0.4, 0.5) is 5.69 Å². The maximum Gasteiger partial charge on any atom is 0.227 e. The first kappa shape index (κ1) is 15.6. The highest BCUT2D eigenvalue weighted by molar-refractivity contribution is 5.91. The van der Waals surface area contributed by atoms with Crippen molar-refractivity contribution in [2.45, 2.75) is 25.4 Å². The fourth-order valence-corrected chi connectivity index (χ4v) is 1.77. The number of ether oxygens (including phenoxy) is 1. The lowest BCUT2D eigenvalue weighted by Gasteiger charge is -2.13. The standard InChI is InChI=1S/C14H22N2O3/c1-19-13(10-15)9-14(18)16-12-6-2-4-11(8-12)5-3-7-17/h2,4,6,8,13,17H,3,5,7,9-10,15H2,1H3,(H,16,18). The molecule has 1 rings (SSSR count). The molecule has 0 spiro atoms. The molecule has 0 heterocycles. The Morgan fingerprint density at radius 3 is 2.95 bits per heavy atom. The Balaban J connectivity index is 2.53. The fourth-order valence-electron chi connectivity index (χ4n) is 1.77. The minimum atomic E-state index is -0.252. The van der Waals surface area contributed by atoms with Crippen molar-refractivity contribution in [3.8, 4) is 0 Å². The number of rotatable bonds is 8. The average Bonchev–Trinajstić information content (AvgIpc) is 2.43. The summed E-state index contributed by atoms with van der Waals surface area (Å²) in [6.07, 6.45) is 1.51. The molecule has 4 N–H and O–H groups in total. The van der Waals surface area contributed by atoms with Gasteiger partial charge in [0.25, 0.3) is 0 Å². The molecule has 1 aromatic rings. The molecule has 1 aromatic carbocycles. The zero-order valence-corrected chi connectivity index (χ0v) is 11.3. The third-order valence-electron chi connectivity index (χ3n) is 2.84. The molecule has 0 fully saturated rings. The quantitative estimate of drug-likeness (QED) is 0.653. The molecule has 0 bridgehead atoms. The van der Waals surface area contributed by atoms with Crippen LogP contribution in [0.25, 0.3) is 0 Å². The van der Waals surface area contributed by atoms with Crippen LogP contribution in [0.15, 0.2) is 24.3 Å². The van der Waals surface area contributed by atoms with Gasteiger partial charge in [-0.25, -0.2) is 0 Å². The lowest BCUT2D eigenvalue weighted by Crippen LogP contribution is -2.28. The van der Waals surface area contributed by atoms with E-state index in [4.69, 9.17) is 15.6 Å². The van der Waals surface area contributed by atoms with Crippen LogP contribution in [0.2, 0.25) is 0 Å². The summed E-state index contributed by atoms with van der Waals surface area (Å²) in [5, 5.41) is 11.6. The van der Waals surface area contributed by atoms with Gasteiger partial charge in [0, 0.05) is 25.9 Å². The smallest absolute Gasteiger partial charge is 0.227 e. The van der Waals surface area contributed by atoms with E-state index >= 15 is 0 Å². The molecule has 0 aliphatic heterocycles. The van der Waals surface area contributed by atoms with Gasteiger partial charge in [-0.05, 0) is 30.5 Å². The number of benzene rings is 1. The SMILES string of the molecule is COC(CN)CC(=O)Nc1cccc(CCCO)c1. The minimum absolute atomic E-state index is 0.114. The summed E-state index contributed by atoms with van der Waals surface area (Å²) in [4.78, 5) is 11.8. The van der Waals surface area contributed by atoms with Gasteiger partial charge in [-0.1, -0.05) is 12.1 Å². The summed E-state index contributed by atoms with van der Waals surface area (Å²) in [6.45, 7) is 0.489. The predicted octanol–water partition coefficient (Wildman–Crippen LogP) is 0.914. The van der Waals surface area contributed by atoms with Gasteiger partial charge in [0.05, 0.1) is 12.5 Å². The maximum absolute atomic E-state index is 11.8. The van der Waals surface area contributed by atoms with Crippen LogP contribution >= 0.6 is 0 Å². The van der Waals surface area contributed by atoms with Crippen LogP contribution in [-0.4, -0.2) is 37.4 Å².